The fourth-order valence-corrected chi connectivity index (χ4v) is 3.23. The van der Waals surface area contributed by atoms with E-state index in [4.69, 9.17) is 9.47 Å². The molecule has 0 bridgehead atoms. The van der Waals surface area contributed by atoms with Gasteiger partial charge in [0.1, 0.15) is 5.82 Å². The molecular formula is C21H23N3O3. The lowest BCUT2D eigenvalue weighted by Gasteiger charge is -2.16. The second-order valence-electron chi connectivity index (χ2n) is 7.68. The third-order valence-corrected chi connectivity index (χ3v) is 4.57. The predicted octanol–water partition coefficient (Wildman–Crippen LogP) is 3.33. The van der Waals surface area contributed by atoms with Crippen LogP contribution in [0.1, 0.15) is 42.6 Å². The topological polar surface area (TPSA) is 64.9 Å². The maximum Gasteiger partial charge on any atom is 0.272 e. The lowest BCUT2D eigenvalue weighted by atomic mass is 9.96. The quantitative estimate of drug-likeness (QED) is 0.770. The third-order valence-electron chi connectivity index (χ3n) is 4.57. The van der Waals surface area contributed by atoms with E-state index in [1.54, 1.807) is 0 Å². The average Bonchev–Trinajstić information content (AvgIpc) is 3.25. The molecule has 0 saturated carbocycles. The summed E-state index contributed by atoms with van der Waals surface area (Å²) in [5, 5.41) is 2.99. The normalized spacial score (nSPS) is 13.1. The van der Waals surface area contributed by atoms with Crippen molar-refractivity contribution in [3.05, 3.63) is 59.7 Å². The van der Waals surface area contributed by atoms with Crippen molar-refractivity contribution in [3.8, 4) is 11.5 Å². The van der Waals surface area contributed by atoms with Crippen molar-refractivity contribution < 1.29 is 14.3 Å². The molecule has 27 heavy (non-hydrogen) atoms. The van der Waals surface area contributed by atoms with Crippen LogP contribution >= 0.6 is 0 Å². The van der Waals surface area contributed by atoms with E-state index in [1.807, 2.05) is 47.0 Å². The van der Waals surface area contributed by atoms with Crippen molar-refractivity contribution in [2.75, 3.05) is 13.3 Å². The first kappa shape index (κ1) is 17.4. The Kier molecular flexibility index (Phi) is 4.26. The number of pyridine rings is 1. The maximum absolute atomic E-state index is 12.7. The largest absolute Gasteiger partial charge is 0.454 e. The number of hydrogen-bond donors (Lipinski definition) is 1. The highest BCUT2D eigenvalue weighted by Gasteiger charge is 2.24. The highest BCUT2D eigenvalue weighted by molar-refractivity contribution is 5.99. The molecule has 140 valence electrons. The Balaban J connectivity index is 1.49. The highest BCUT2D eigenvalue weighted by atomic mass is 16.7. The summed E-state index contributed by atoms with van der Waals surface area (Å²) in [6.45, 7) is 7.07. The monoisotopic (exact) mass is 365 g/mol. The molecule has 0 radical (unpaired) electrons. The molecule has 0 unspecified atom stereocenters. The minimum absolute atomic E-state index is 0.157. The molecule has 0 saturated heterocycles. The zero-order valence-corrected chi connectivity index (χ0v) is 15.8. The standard InChI is InChI=1S/C21H23N3O3/c1-21(2,3)20-23-18(15-6-4-5-11-24(15)20)19(25)22-10-9-14-7-8-16-17(12-14)27-13-26-16/h4-8,11-12H,9-10,13H2,1-3H3,(H,22,25). The number of nitrogens with one attached hydrogen (secondary N) is 1. The van der Waals surface area contributed by atoms with Crippen LogP contribution in [0.15, 0.2) is 42.6 Å². The zero-order chi connectivity index (χ0) is 19.0. The van der Waals surface area contributed by atoms with Crippen LogP contribution in [-0.2, 0) is 11.8 Å². The van der Waals surface area contributed by atoms with Gasteiger partial charge in [-0.2, -0.15) is 0 Å². The lowest BCUT2D eigenvalue weighted by molar-refractivity contribution is 0.0951. The lowest BCUT2D eigenvalue weighted by Crippen LogP contribution is -2.26. The first-order valence-electron chi connectivity index (χ1n) is 9.08. The van der Waals surface area contributed by atoms with E-state index in [9.17, 15) is 4.79 Å². The van der Waals surface area contributed by atoms with Gasteiger partial charge in [0.05, 0.1) is 5.52 Å². The van der Waals surface area contributed by atoms with Crippen LogP contribution in [0.4, 0.5) is 0 Å². The van der Waals surface area contributed by atoms with E-state index in [2.05, 4.69) is 31.1 Å². The molecule has 3 aromatic rings. The van der Waals surface area contributed by atoms with Gasteiger partial charge in [-0.15, -0.1) is 0 Å². The van der Waals surface area contributed by atoms with E-state index < -0.39 is 0 Å². The van der Waals surface area contributed by atoms with Crippen LogP contribution in [0.3, 0.4) is 0 Å². The number of nitrogens with zero attached hydrogens (tertiary/aromatic N) is 2. The van der Waals surface area contributed by atoms with Crippen molar-refractivity contribution in [2.45, 2.75) is 32.6 Å². The van der Waals surface area contributed by atoms with Gasteiger partial charge >= 0.3 is 0 Å². The number of benzene rings is 1. The molecule has 1 N–H and O–H groups in total. The van der Waals surface area contributed by atoms with Gasteiger partial charge < -0.3 is 19.2 Å². The number of imidazole rings is 1. The Labute approximate surface area is 158 Å². The molecule has 1 aliphatic heterocycles. The predicted molar refractivity (Wildman–Crippen MR) is 102 cm³/mol. The summed E-state index contributed by atoms with van der Waals surface area (Å²) in [6.07, 6.45) is 2.66. The molecule has 2 aromatic heterocycles. The van der Waals surface area contributed by atoms with E-state index in [1.165, 1.54) is 0 Å². The summed E-state index contributed by atoms with van der Waals surface area (Å²) in [6, 6.07) is 11.6. The first-order chi connectivity index (χ1) is 12.9. The zero-order valence-electron chi connectivity index (χ0n) is 15.8. The Morgan fingerprint density at radius 1 is 1.19 bits per heavy atom. The molecule has 0 spiro atoms. The molecule has 3 heterocycles. The molecule has 1 amide bonds. The Hall–Kier alpha value is -3.02. The van der Waals surface area contributed by atoms with Gasteiger partial charge in [-0.3, -0.25) is 4.79 Å². The van der Waals surface area contributed by atoms with E-state index in [-0.39, 0.29) is 18.1 Å². The summed E-state index contributed by atoms with van der Waals surface area (Å²) in [5.74, 6) is 2.24. The van der Waals surface area contributed by atoms with Crippen LogP contribution in [0, 0.1) is 0 Å². The molecule has 1 aliphatic rings. The molecule has 0 fully saturated rings. The smallest absolute Gasteiger partial charge is 0.272 e. The number of amides is 1. The number of carbonyl (C=O) groups is 1. The number of carbonyl (C=O) groups excluding carboxylic acids is 1. The fourth-order valence-electron chi connectivity index (χ4n) is 3.23. The van der Waals surface area contributed by atoms with Crippen LogP contribution in [0.25, 0.3) is 5.52 Å². The van der Waals surface area contributed by atoms with Crippen molar-refractivity contribution in [3.63, 3.8) is 0 Å². The van der Waals surface area contributed by atoms with E-state index in [0.717, 1.165) is 28.4 Å². The van der Waals surface area contributed by atoms with Gasteiger partial charge in [0.25, 0.3) is 5.91 Å². The van der Waals surface area contributed by atoms with Crippen molar-refractivity contribution in [1.29, 1.82) is 0 Å². The summed E-state index contributed by atoms with van der Waals surface area (Å²) in [4.78, 5) is 17.4. The minimum Gasteiger partial charge on any atom is -0.454 e. The number of fused-ring (bicyclic) bond motifs is 2. The maximum atomic E-state index is 12.7. The van der Waals surface area contributed by atoms with Crippen molar-refractivity contribution in [2.24, 2.45) is 0 Å². The van der Waals surface area contributed by atoms with E-state index >= 15 is 0 Å². The molecule has 4 rings (SSSR count). The van der Waals surface area contributed by atoms with Gasteiger partial charge in [0.15, 0.2) is 17.2 Å². The van der Waals surface area contributed by atoms with Gasteiger partial charge in [0.2, 0.25) is 6.79 Å². The summed E-state index contributed by atoms with van der Waals surface area (Å²) < 4.78 is 12.7. The van der Waals surface area contributed by atoms with Crippen LogP contribution in [0.2, 0.25) is 0 Å². The second-order valence-corrected chi connectivity index (χ2v) is 7.68. The fraction of sp³-hybridized carbons (Fsp3) is 0.333. The third kappa shape index (κ3) is 3.35. The Bertz CT molecular complexity index is 1000. The van der Waals surface area contributed by atoms with Crippen molar-refractivity contribution in [1.82, 2.24) is 14.7 Å². The molecular weight excluding hydrogens is 342 g/mol. The van der Waals surface area contributed by atoms with Gasteiger partial charge in [-0.25, -0.2) is 4.98 Å². The van der Waals surface area contributed by atoms with Gasteiger partial charge in [-0.05, 0) is 36.2 Å². The molecule has 6 heteroatoms. The highest BCUT2D eigenvalue weighted by Crippen LogP contribution is 2.32. The molecule has 0 aliphatic carbocycles. The first-order valence-corrected chi connectivity index (χ1v) is 9.08. The average molecular weight is 365 g/mol. The van der Waals surface area contributed by atoms with Crippen LogP contribution in [0.5, 0.6) is 11.5 Å². The van der Waals surface area contributed by atoms with Crippen LogP contribution in [-0.4, -0.2) is 28.6 Å². The summed E-state index contributed by atoms with van der Waals surface area (Å²) >= 11 is 0. The SMILES string of the molecule is CC(C)(C)c1nc(C(=O)NCCc2ccc3c(c2)OCO3)c2ccccn12. The Morgan fingerprint density at radius 3 is 2.81 bits per heavy atom. The Morgan fingerprint density at radius 2 is 2.00 bits per heavy atom. The molecule has 1 aromatic carbocycles. The summed E-state index contributed by atoms with van der Waals surface area (Å²) in [5.41, 5.74) is 2.22. The minimum atomic E-state index is -0.157. The second kappa shape index (κ2) is 6.61. The molecule has 0 atom stereocenters. The van der Waals surface area contributed by atoms with Gasteiger partial charge in [-0.1, -0.05) is 32.9 Å². The van der Waals surface area contributed by atoms with Gasteiger partial charge in [0, 0.05) is 18.2 Å². The molecule has 6 nitrogen and oxygen atoms in total. The number of hydrogen-bond acceptors (Lipinski definition) is 4. The number of aromatic nitrogens is 2. The van der Waals surface area contributed by atoms with Crippen molar-refractivity contribution >= 4 is 11.4 Å². The number of ether oxygens (including phenoxy) is 2. The van der Waals surface area contributed by atoms with E-state index in [0.29, 0.717) is 18.7 Å². The summed E-state index contributed by atoms with van der Waals surface area (Å²) in [7, 11) is 0. The number of rotatable bonds is 4. The van der Waals surface area contributed by atoms with Crippen LogP contribution < -0.4 is 14.8 Å².